The molecule has 34 heavy (non-hydrogen) atoms. The summed E-state index contributed by atoms with van der Waals surface area (Å²) in [5.41, 5.74) is 8.51. The first-order valence-corrected chi connectivity index (χ1v) is 12.8. The zero-order chi connectivity index (χ0) is 24.1. The summed E-state index contributed by atoms with van der Waals surface area (Å²) in [6, 6.07) is 13.2. The molecule has 1 N–H and O–H groups in total. The number of oxime groups is 1. The number of carboxylic acids is 1. The third kappa shape index (κ3) is 5.87. The van der Waals surface area contributed by atoms with Gasteiger partial charge >= 0.3 is 5.97 Å². The zero-order valence-corrected chi connectivity index (χ0v) is 20.8. The predicted molar refractivity (Wildman–Crippen MR) is 136 cm³/mol. The second-order valence-electron chi connectivity index (χ2n) is 10.0. The van der Waals surface area contributed by atoms with Crippen LogP contribution in [0, 0.1) is 12.8 Å². The molecule has 0 radical (unpaired) electrons. The van der Waals surface area contributed by atoms with Crippen molar-refractivity contribution in [1.82, 2.24) is 4.90 Å². The molecule has 0 unspecified atom stereocenters. The highest BCUT2D eigenvalue weighted by Gasteiger charge is 2.32. The zero-order valence-electron chi connectivity index (χ0n) is 20.8. The molecule has 5 nitrogen and oxygen atoms in total. The summed E-state index contributed by atoms with van der Waals surface area (Å²) in [6.45, 7) is 8.90. The van der Waals surface area contributed by atoms with Crippen LogP contribution in [-0.4, -0.2) is 34.8 Å². The van der Waals surface area contributed by atoms with Crippen LogP contribution < -0.4 is 0 Å². The number of hydrogen-bond donors (Lipinski definition) is 1. The fourth-order valence-electron chi connectivity index (χ4n) is 5.39. The molecule has 0 bridgehead atoms. The first-order chi connectivity index (χ1) is 16.4. The second kappa shape index (κ2) is 11.2. The molecule has 2 aromatic carbocycles. The van der Waals surface area contributed by atoms with E-state index in [1.165, 1.54) is 54.4 Å². The summed E-state index contributed by atoms with van der Waals surface area (Å²) in [5.74, 6) is -0.188. The van der Waals surface area contributed by atoms with E-state index in [0.29, 0.717) is 19.7 Å². The molecule has 1 saturated carbocycles. The van der Waals surface area contributed by atoms with E-state index >= 15 is 0 Å². The summed E-state index contributed by atoms with van der Waals surface area (Å²) in [5, 5.41) is 13.5. The van der Waals surface area contributed by atoms with Gasteiger partial charge in [-0.1, -0.05) is 61.7 Å². The van der Waals surface area contributed by atoms with Gasteiger partial charge in [-0.05, 0) is 78.5 Å². The lowest BCUT2D eigenvalue weighted by molar-refractivity contribution is -0.147. The summed E-state index contributed by atoms with van der Waals surface area (Å²) < 4.78 is 0. The topological polar surface area (TPSA) is 62.1 Å². The van der Waals surface area contributed by atoms with Crippen LogP contribution in [-0.2, 0) is 29.2 Å². The van der Waals surface area contributed by atoms with Gasteiger partial charge < -0.3 is 9.94 Å². The molecule has 4 rings (SSSR count). The van der Waals surface area contributed by atoms with Gasteiger partial charge in [-0.2, -0.15) is 0 Å². The Hall–Kier alpha value is -2.66. The van der Waals surface area contributed by atoms with E-state index in [9.17, 15) is 4.79 Å². The molecule has 2 fully saturated rings. The van der Waals surface area contributed by atoms with E-state index in [2.05, 4.69) is 60.3 Å². The minimum atomic E-state index is -0.690. The first-order valence-electron chi connectivity index (χ1n) is 12.8. The average molecular weight is 463 g/mol. The number of hydrogen-bond acceptors (Lipinski definition) is 4. The SMILES string of the molecule is CCc1cc(/C(C)=N/OCc2ccc(C3CCCCC3)c(C)c2)ccc1CN1CC(C(=O)O)C1. The van der Waals surface area contributed by atoms with Gasteiger partial charge in [0.1, 0.15) is 6.61 Å². The highest BCUT2D eigenvalue weighted by atomic mass is 16.6. The van der Waals surface area contributed by atoms with Crippen molar-refractivity contribution >= 4 is 11.7 Å². The predicted octanol–water partition coefficient (Wildman–Crippen LogP) is 6.06. The molecule has 0 atom stereocenters. The maximum atomic E-state index is 11.0. The van der Waals surface area contributed by atoms with Gasteiger partial charge in [0.05, 0.1) is 11.6 Å². The van der Waals surface area contributed by atoms with Crippen LogP contribution in [0.3, 0.4) is 0 Å². The number of aliphatic carboxylic acids is 1. The number of likely N-dealkylation sites (tertiary alicyclic amines) is 1. The molecule has 1 saturated heterocycles. The smallest absolute Gasteiger partial charge is 0.309 e. The van der Waals surface area contributed by atoms with E-state index in [1.54, 1.807) is 0 Å². The highest BCUT2D eigenvalue weighted by Crippen LogP contribution is 2.34. The molecule has 5 heteroatoms. The fraction of sp³-hybridized carbons (Fsp3) is 0.517. The van der Waals surface area contributed by atoms with Crippen LogP contribution in [0.15, 0.2) is 41.6 Å². The molecule has 1 heterocycles. The Kier molecular flexibility index (Phi) is 8.04. The number of aryl methyl sites for hydroxylation is 2. The molecule has 0 amide bonds. The van der Waals surface area contributed by atoms with Crippen molar-refractivity contribution in [3.8, 4) is 0 Å². The van der Waals surface area contributed by atoms with Crippen molar-refractivity contribution in [3.05, 3.63) is 69.8 Å². The Bertz CT molecular complexity index is 1030. The Balaban J connectivity index is 1.34. The lowest BCUT2D eigenvalue weighted by atomic mass is 9.82. The monoisotopic (exact) mass is 462 g/mol. The standard InChI is InChI=1S/C29H38N2O3/c1-4-23-15-25(11-12-26(23)16-31-17-27(18-31)29(32)33)21(3)30-34-19-22-10-13-28(20(2)14-22)24-8-6-5-7-9-24/h10-15,24,27H,4-9,16-19H2,1-3H3,(H,32,33)/b30-21+. The highest BCUT2D eigenvalue weighted by molar-refractivity contribution is 5.98. The average Bonchev–Trinajstić information content (AvgIpc) is 2.81. The molecule has 2 aromatic rings. The van der Waals surface area contributed by atoms with Crippen LogP contribution in [0.5, 0.6) is 0 Å². The molecule has 1 aliphatic heterocycles. The maximum Gasteiger partial charge on any atom is 0.309 e. The quantitative estimate of drug-likeness (QED) is 0.363. The Morgan fingerprint density at radius 1 is 1.09 bits per heavy atom. The molecule has 182 valence electrons. The van der Waals surface area contributed by atoms with Crippen molar-refractivity contribution in [1.29, 1.82) is 0 Å². The Morgan fingerprint density at radius 3 is 2.53 bits per heavy atom. The third-order valence-corrected chi connectivity index (χ3v) is 7.52. The molecule has 2 aliphatic rings. The molecule has 0 aromatic heterocycles. The molecular formula is C29H38N2O3. The van der Waals surface area contributed by atoms with Crippen molar-refractivity contribution < 1.29 is 14.7 Å². The number of nitrogens with zero attached hydrogens (tertiary/aromatic N) is 2. The lowest BCUT2D eigenvalue weighted by Gasteiger charge is -2.37. The largest absolute Gasteiger partial charge is 0.481 e. The summed E-state index contributed by atoms with van der Waals surface area (Å²) in [6.07, 6.45) is 7.66. The van der Waals surface area contributed by atoms with Crippen LogP contribution >= 0.6 is 0 Å². The van der Waals surface area contributed by atoms with Crippen molar-refractivity contribution in [3.63, 3.8) is 0 Å². The van der Waals surface area contributed by atoms with Crippen LogP contribution in [0.25, 0.3) is 0 Å². The first kappa shape index (κ1) is 24.5. The van der Waals surface area contributed by atoms with Gasteiger partial charge in [0.25, 0.3) is 0 Å². The summed E-state index contributed by atoms with van der Waals surface area (Å²) >= 11 is 0. The Labute approximate surface area is 203 Å². The van der Waals surface area contributed by atoms with Crippen LogP contribution in [0.1, 0.15) is 85.3 Å². The third-order valence-electron chi connectivity index (χ3n) is 7.52. The van der Waals surface area contributed by atoms with Gasteiger partial charge in [0.15, 0.2) is 0 Å². The molecule has 0 spiro atoms. The number of carbonyl (C=O) groups is 1. The second-order valence-corrected chi connectivity index (χ2v) is 10.0. The normalized spacial score (nSPS) is 18.0. The lowest BCUT2D eigenvalue weighted by Crippen LogP contribution is -2.49. The van der Waals surface area contributed by atoms with Crippen molar-refractivity contribution in [2.45, 2.75) is 78.4 Å². The van der Waals surface area contributed by atoms with E-state index in [-0.39, 0.29) is 5.92 Å². The van der Waals surface area contributed by atoms with Gasteiger partial charge in [0, 0.05) is 19.6 Å². The van der Waals surface area contributed by atoms with E-state index in [1.807, 2.05) is 6.92 Å². The van der Waals surface area contributed by atoms with Crippen LogP contribution in [0.4, 0.5) is 0 Å². The number of carboxylic acid groups (broad SMARTS) is 1. The maximum absolute atomic E-state index is 11.0. The minimum absolute atomic E-state index is 0.219. The fourth-order valence-corrected chi connectivity index (χ4v) is 5.39. The summed E-state index contributed by atoms with van der Waals surface area (Å²) in [7, 11) is 0. The van der Waals surface area contributed by atoms with E-state index in [4.69, 9.17) is 9.94 Å². The van der Waals surface area contributed by atoms with Gasteiger partial charge in [-0.3, -0.25) is 9.69 Å². The Morgan fingerprint density at radius 2 is 1.85 bits per heavy atom. The number of benzene rings is 2. The van der Waals surface area contributed by atoms with E-state index in [0.717, 1.165) is 35.7 Å². The molecular weight excluding hydrogens is 424 g/mol. The molecule has 1 aliphatic carbocycles. The van der Waals surface area contributed by atoms with Crippen molar-refractivity contribution in [2.75, 3.05) is 13.1 Å². The van der Waals surface area contributed by atoms with Crippen LogP contribution in [0.2, 0.25) is 0 Å². The van der Waals surface area contributed by atoms with Crippen molar-refractivity contribution in [2.24, 2.45) is 11.1 Å². The van der Waals surface area contributed by atoms with Gasteiger partial charge in [-0.15, -0.1) is 0 Å². The van der Waals surface area contributed by atoms with E-state index < -0.39 is 5.97 Å². The summed E-state index contributed by atoms with van der Waals surface area (Å²) in [4.78, 5) is 19.0. The van der Waals surface area contributed by atoms with Gasteiger partial charge in [-0.25, -0.2) is 0 Å². The number of rotatable bonds is 9. The minimum Gasteiger partial charge on any atom is -0.481 e. The van der Waals surface area contributed by atoms with Gasteiger partial charge in [0.2, 0.25) is 0 Å².